The maximum atomic E-state index is 12.9. The van der Waals surface area contributed by atoms with E-state index in [1.54, 1.807) is 24.3 Å². The molecule has 0 bridgehead atoms. The summed E-state index contributed by atoms with van der Waals surface area (Å²) < 4.78 is 30.8. The third kappa shape index (κ3) is 6.26. The zero-order chi connectivity index (χ0) is 25.8. The number of esters is 1. The van der Waals surface area contributed by atoms with Gasteiger partial charge in [-0.15, -0.1) is 0 Å². The van der Waals surface area contributed by atoms with E-state index in [1.165, 1.54) is 56.6 Å². The third-order valence-electron chi connectivity index (χ3n) is 4.82. The maximum Gasteiger partial charge on any atom is 0.339 e. The SMILES string of the molecule is CN(C)S(=O)(=O)c1ccc(Cl)c(NC(=O)COC(=O)c2ccccc2C(=O)c2ccc(Cl)cc2)c1. The van der Waals surface area contributed by atoms with Crippen LogP contribution in [0.3, 0.4) is 0 Å². The van der Waals surface area contributed by atoms with Gasteiger partial charge in [0.1, 0.15) is 0 Å². The molecule has 3 rings (SSSR count). The fourth-order valence-corrected chi connectivity index (χ4v) is 4.20. The number of amides is 1. The topological polar surface area (TPSA) is 110 Å². The van der Waals surface area contributed by atoms with Crippen LogP contribution in [-0.4, -0.2) is 51.1 Å². The molecule has 11 heteroatoms. The van der Waals surface area contributed by atoms with Gasteiger partial charge in [0.05, 0.1) is 21.2 Å². The summed E-state index contributed by atoms with van der Waals surface area (Å²) in [5, 5.41) is 2.99. The van der Waals surface area contributed by atoms with Gasteiger partial charge in [0.25, 0.3) is 5.91 Å². The average molecular weight is 535 g/mol. The molecule has 0 unspecified atom stereocenters. The second-order valence-electron chi connectivity index (χ2n) is 7.43. The monoisotopic (exact) mass is 534 g/mol. The molecule has 182 valence electrons. The summed E-state index contributed by atoms with van der Waals surface area (Å²) in [6, 6.07) is 16.1. The van der Waals surface area contributed by atoms with Crippen molar-refractivity contribution >= 4 is 56.6 Å². The largest absolute Gasteiger partial charge is 0.452 e. The molecule has 1 amide bonds. The summed E-state index contributed by atoms with van der Waals surface area (Å²) in [5.41, 5.74) is 0.450. The first kappa shape index (κ1) is 26.4. The van der Waals surface area contributed by atoms with Crippen molar-refractivity contribution in [3.63, 3.8) is 0 Å². The highest BCUT2D eigenvalue weighted by Crippen LogP contribution is 2.26. The lowest BCUT2D eigenvalue weighted by molar-refractivity contribution is -0.119. The van der Waals surface area contributed by atoms with Crippen LogP contribution in [0.2, 0.25) is 10.0 Å². The molecule has 0 spiro atoms. The summed E-state index contributed by atoms with van der Waals surface area (Å²) in [4.78, 5) is 37.8. The van der Waals surface area contributed by atoms with Gasteiger partial charge in [-0.1, -0.05) is 41.4 Å². The van der Waals surface area contributed by atoms with Gasteiger partial charge in [0.15, 0.2) is 12.4 Å². The van der Waals surface area contributed by atoms with E-state index in [0.717, 1.165) is 4.31 Å². The Balaban J connectivity index is 1.72. The van der Waals surface area contributed by atoms with Crippen LogP contribution in [0, 0.1) is 0 Å². The van der Waals surface area contributed by atoms with E-state index in [4.69, 9.17) is 27.9 Å². The van der Waals surface area contributed by atoms with Crippen LogP contribution in [0.4, 0.5) is 5.69 Å². The van der Waals surface area contributed by atoms with Crippen LogP contribution in [0.5, 0.6) is 0 Å². The van der Waals surface area contributed by atoms with E-state index in [-0.39, 0.29) is 26.7 Å². The number of halogens is 2. The van der Waals surface area contributed by atoms with Crippen molar-refractivity contribution in [3.05, 3.63) is 93.5 Å². The van der Waals surface area contributed by atoms with Gasteiger partial charge in [0.2, 0.25) is 10.0 Å². The molecule has 0 saturated heterocycles. The first-order valence-electron chi connectivity index (χ1n) is 10.1. The lowest BCUT2D eigenvalue weighted by Crippen LogP contribution is -2.24. The summed E-state index contributed by atoms with van der Waals surface area (Å²) >= 11 is 11.9. The Morgan fingerprint density at radius 2 is 1.54 bits per heavy atom. The van der Waals surface area contributed by atoms with Crippen LogP contribution < -0.4 is 5.32 Å². The first-order valence-corrected chi connectivity index (χ1v) is 12.3. The van der Waals surface area contributed by atoms with E-state index in [0.29, 0.717) is 10.6 Å². The van der Waals surface area contributed by atoms with Crippen LogP contribution in [0.25, 0.3) is 0 Å². The highest BCUT2D eigenvalue weighted by atomic mass is 35.5. The van der Waals surface area contributed by atoms with Gasteiger partial charge >= 0.3 is 5.97 Å². The summed E-state index contributed by atoms with van der Waals surface area (Å²) in [7, 11) is -1.01. The number of hydrogen-bond acceptors (Lipinski definition) is 6. The number of carbonyl (C=O) groups is 3. The minimum atomic E-state index is -3.75. The Labute approximate surface area is 212 Å². The minimum Gasteiger partial charge on any atom is -0.452 e. The lowest BCUT2D eigenvalue weighted by atomic mass is 9.98. The lowest BCUT2D eigenvalue weighted by Gasteiger charge is -2.14. The van der Waals surface area contributed by atoms with E-state index >= 15 is 0 Å². The minimum absolute atomic E-state index is 0.0163. The number of nitrogens with zero attached hydrogens (tertiary/aromatic N) is 1. The van der Waals surface area contributed by atoms with Crippen LogP contribution in [-0.2, 0) is 19.6 Å². The number of anilines is 1. The molecule has 0 aliphatic carbocycles. The van der Waals surface area contributed by atoms with Crippen molar-refractivity contribution in [1.29, 1.82) is 0 Å². The smallest absolute Gasteiger partial charge is 0.339 e. The van der Waals surface area contributed by atoms with Crippen LogP contribution in [0.15, 0.2) is 71.6 Å². The van der Waals surface area contributed by atoms with Gasteiger partial charge in [-0.2, -0.15) is 0 Å². The molecule has 35 heavy (non-hydrogen) atoms. The predicted molar refractivity (Wildman–Crippen MR) is 133 cm³/mol. The number of ketones is 1. The fraction of sp³-hybridized carbons (Fsp3) is 0.125. The second-order valence-corrected chi connectivity index (χ2v) is 10.4. The summed E-state index contributed by atoms with van der Waals surface area (Å²) in [5.74, 6) is -2.04. The third-order valence-corrected chi connectivity index (χ3v) is 7.22. The normalized spacial score (nSPS) is 11.2. The molecule has 0 radical (unpaired) electrons. The molecule has 0 heterocycles. The summed E-state index contributed by atoms with van der Waals surface area (Å²) in [6.45, 7) is -0.691. The van der Waals surface area contributed by atoms with Crippen molar-refractivity contribution < 1.29 is 27.5 Å². The highest BCUT2D eigenvalue weighted by Gasteiger charge is 2.21. The number of rotatable bonds is 8. The maximum absolute atomic E-state index is 12.9. The molecule has 0 aliphatic heterocycles. The van der Waals surface area contributed by atoms with E-state index < -0.39 is 34.3 Å². The van der Waals surface area contributed by atoms with E-state index in [2.05, 4.69) is 5.32 Å². The van der Waals surface area contributed by atoms with Crippen LogP contribution in [0.1, 0.15) is 26.3 Å². The molecule has 8 nitrogen and oxygen atoms in total. The number of nitrogens with one attached hydrogen (secondary N) is 1. The van der Waals surface area contributed by atoms with Crippen molar-refractivity contribution in [2.24, 2.45) is 0 Å². The Morgan fingerprint density at radius 1 is 0.914 bits per heavy atom. The number of hydrogen-bond donors (Lipinski definition) is 1. The zero-order valence-corrected chi connectivity index (χ0v) is 20.9. The molecule has 0 atom stereocenters. The van der Waals surface area contributed by atoms with E-state index in [9.17, 15) is 22.8 Å². The Morgan fingerprint density at radius 3 is 2.17 bits per heavy atom. The zero-order valence-electron chi connectivity index (χ0n) is 18.6. The number of carbonyl (C=O) groups excluding carboxylic acids is 3. The molecule has 0 aromatic heterocycles. The molecule has 0 aliphatic rings. The summed E-state index contributed by atoms with van der Waals surface area (Å²) in [6.07, 6.45) is 0. The second kappa shape index (κ2) is 11.0. The average Bonchev–Trinajstić information content (AvgIpc) is 2.83. The molecular formula is C24H20Cl2N2O6S. The molecular weight excluding hydrogens is 515 g/mol. The van der Waals surface area contributed by atoms with Gasteiger partial charge < -0.3 is 10.1 Å². The van der Waals surface area contributed by atoms with Crippen molar-refractivity contribution in [1.82, 2.24) is 4.31 Å². The highest BCUT2D eigenvalue weighted by molar-refractivity contribution is 7.89. The van der Waals surface area contributed by atoms with Gasteiger partial charge in [-0.05, 0) is 48.5 Å². The Hall–Kier alpha value is -3.24. The van der Waals surface area contributed by atoms with Gasteiger partial charge in [-0.25, -0.2) is 17.5 Å². The van der Waals surface area contributed by atoms with Gasteiger partial charge in [-0.3, -0.25) is 9.59 Å². The number of benzene rings is 3. The fourth-order valence-electron chi connectivity index (χ4n) is 2.98. The quantitative estimate of drug-likeness (QED) is 0.341. The standard InChI is InChI=1S/C24H20Cl2N2O6S/c1-28(2)35(32,33)17-11-12-20(26)21(13-17)27-22(29)14-34-24(31)19-6-4-3-5-18(19)23(30)15-7-9-16(25)10-8-15/h3-13H,14H2,1-2H3,(H,27,29). The Kier molecular flexibility index (Phi) is 8.29. The molecule has 3 aromatic carbocycles. The molecule has 0 saturated carbocycles. The van der Waals surface area contributed by atoms with Crippen LogP contribution >= 0.6 is 23.2 Å². The van der Waals surface area contributed by atoms with Gasteiger partial charge in [0, 0.05) is 30.2 Å². The van der Waals surface area contributed by atoms with Crippen molar-refractivity contribution in [2.45, 2.75) is 4.90 Å². The molecule has 1 N–H and O–H groups in total. The number of sulfonamides is 1. The molecule has 3 aromatic rings. The van der Waals surface area contributed by atoms with Crippen molar-refractivity contribution in [3.8, 4) is 0 Å². The van der Waals surface area contributed by atoms with Crippen molar-refractivity contribution in [2.75, 3.05) is 26.0 Å². The van der Waals surface area contributed by atoms with E-state index in [1.807, 2.05) is 0 Å². The first-order chi connectivity index (χ1) is 16.5. The predicted octanol–water partition coefficient (Wildman–Crippen LogP) is 4.27. The molecule has 0 fully saturated rings. The Bertz CT molecular complexity index is 1390. The number of ether oxygens (including phenoxy) is 1.